The van der Waals surface area contributed by atoms with Crippen molar-refractivity contribution < 1.29 is 22.0 Å². The molecule has 1 nitrogen and oxygen atoms in total. The van der Waals surface area contributed by atoms with Crippen LogP contribution in [0, 0.1) is 5.41 Å². The maximum absolute atomic E-state index is 3.45. The van der Waals surface area contributed by atoms with Crippen LogP contribution >= 0.6 is 15.9 Å². The number of nitrogens with one attached hydrogen (secondary N) is 1. The van der Waals surface area contributed by atoms with Crippen LogP contribution in [0.25, 0.3) is 0 Å². The first-order valence-electron chi connectivity index (χ1n) is 3.30. The fourth-order valence-corrected chi connectivity index (χ4v) is 1.61. The normalized spacial score (nSPS) is 28.1. The number of rotatable bonds is 1. The van der Waals surface area contributed by atoms with Gasteiger partial charge in [0.15, 0.2) is 6.04 Å². The maximum atomic E-state index is 3.45. The molecule has 0 radical (unpaired) electrons. The molecule has 3 heteroatoms. The van der Waals surface area contributed by atoms with Crippen LogP contribution in [0.1, 0.15) is 20.3 Å². The summed E-state index contributed by atoms with van der Waals surface area (Å²) in [5, 5.41) is 1.06. The van der Waals surface area contributed by atoms with Crippen molar-refractivity contribution in [3.05, 3.63) is 0 Å². The van der Waals surface area contributed by atoms with Crippen molar-refractivity contribution >= 4 is 22.1 Å². The Labute approximate surface area is 81.2 Å². The fraction of sp³-hybridized carbons (Fsp3) is 0.857. The molecule has 0 aromatic carbocycles. The second-order valence-electron chi connectivity index (χ2n) is 3.35. The smallest absolute Gasteiger partial charge is 0.161 e. The summed E-state index contributed by atoms with van der Waals surface area (Å²) in [6, 6.07) is 0.653. The third-order valence-corrected chi connectivity index (χ3v) is 2.45. The maximum Gasteiger partial charge on any atom is 0.161 e. The van der Waals surface area contributed by atoms with E-state index in [4.69, 9.17) is 0 Å². The molecule has 0 saturated carbocycles. The summed E-state index contributed by atoms with van der Waals surface area (Å²) in [7, 11) is 0. The molecule has 0 fully saturated rings. The second-order valence-corrected chi connectivity index (χ2v) is 4.00. The highest BCUT2D eigenvalue weighted by Crippen LogP contribution is 2.20. The Balaban J connectivity index is 0.000000810. The predicted molar refractivity (Wildman–Crippen MR) is 43.0 cm³/mol. The first kappa shape index (κ1) is 10.6. The van der Waals surface area contributed by atoms with Gasteiger partial charge >= 0.3 is 0 Å². The third-order valence-electron chi connectivity index (χ3n) is 1.67. The van der Waals surface area contributed by atoms with Gasteiger partial charge in [0, 0.05) is 11.8 Å². The Hall–Kier alpha value is 0.630. The zero-order valence-electron chi connectivity index (χ0n) is 6.32. The zero-order valence-corrected chi connectivity index (χ0v) is 9.50. The van der Waals surface area contributed by atoms with E-state index < -0.39 is 0 Å². The van der Waals surface area contributed by atoms with Crippen molar-refractivity contribution in [1.82, 2.24) is 0 Å². The lowest BCUT2D eigenvalue weighted by Gasteiger charge is -2.07. The van der Waals surface area contributed by atoms with Crippen molar-refractivity contribution in [3.8, 4) is 0 Å². The third kappa shape index (κ3) is 2.70. The molecule has 1 N–H and O–H groups in total. The Morgan fingerprint density at radius 2 is 2.30 bits per heavy atom. The molecule has 1 rings (SSSR count). The molecule has 0 spiro atoms. The molecule has 1 unspecified atom stereocenters. The monoisotopic (exact) mass is 269 g/mol. The van der Waals surface area contributed by atoms with Gasteiger partial charge in [-0.15, -0.1) is 0 Å². The molecule has 0 aliphatic carbocycles. The Morgan fingerprint density at radius 3 is 2.50 bits per heavy atom. The molecule has 1 aliphatic heterocycles. The van der Waals surface area contributed by atoms with Gasteiger partial charge in [0.2, 0.25) is 0 Å². The molecule has 0 aromatic rings. The van der Waals surface area contributed by atoms with Crippen LogP contribution in [0.4, 0.5) is 0 Å². The first-order chi connectivity index (χ1) is 4.14. The molecule has 0 bridgehead atoms. The highest BCUT2D eigenvalue weighted by molar-refractivity contribution is 9.09. The molecule has 0 aromatic heterocycles. The van der Waals surface area contributed by atoms with E-state index in [-0.39, 0.29) is 17.0 Å². The van der Waals surface area contributed by atoms with Crippen molar-refractivity contribution in [2.75, 3.05) is 5.33 Å². The molecule has 10 heavy (non-hydrogen) atoms. The average Bonchev–Trinajstić information content (AvgIpc) is 2.10. The summed E-state index contributed by atoms with van der Waals surface area (Å²) in [5.74, 6) is 0. The highest BCUT2D eigenvalue weighted by atomic mass is 79.9. The molecule has 0 saturated heterocycles. The second kappa shape index (κ2) is 3.86. The standard InChI is InChI=1S/C7H12BrN.BrH/c1-7(2)3-6(4-8)9-5-7;/h5-6H,3-4H2,1-2H3;1H. The van der Waals surface area contributed by atoms with E-state index in [1.807, 2.05) is 0 Å². The molecule has 60 valence electrons. The number of hydrogen-bond acceptors (Lipinski definition) is 0. The van der Waals surface area contributed by atoms with Crippen LogP contribution in [-0.2, 0) is 0 Å². The lowest BCUT2D eigenvalue weighted by molar-refractivity contribution is -0.482. The van der Waals surface area contributed by atoms with Gasteiger partial charge < -0.3 is 17.0 Å². The van der Waals surface area contributed by atoms with Crippen LogP contribution in [0.15, 0.2) is 0 Å². The van der Waals surface area contributed by atoms with Crippen molar-refractivity contribution in [2.24, 2.45) is 5.41 Å². The van der Waals surface area contributed by atoms with Gasteiger partial charge in [0.1, 0.15) is 6.21 Å². The minimum atomic E-state index is 0. The van der Waals surface area contributed by atoms with Gasteiger partial charge in [-0.3, -0.25) is 0 Å². The van der Waals surface area contributed by atoms with Crippen LogP contribution < -0.4 is 22.0 Å². The van der Waals surface area contributed by atoms with E-state index >= 15 is 0 Å². The number of hydrogen-bond donors (Lipinski definition) is 1. The zero-order chi connectivity index (χ0) is 6.91. The van der Waals surface area contributed by atoms with Crippen molar-refractivity contribution in [1.29, 1.82) is 0 Å². The van der Waals surface area contributed by atoms with Gasteiger partial charge in [0.25, 0.3) is 0 Å². The quantitative estimate of drug-likeness (QED) is 0.500. The summed E-state index contributed by atoms with van der Waals surface area (Å²) >= 11 is 3.45. The van der Waals surface area contributed by atoms with Gasteiger partial charge in [-0.2, -0.15) is 0 Å². The van der Waals surface area contributed by atoms with Crippen molar-refractivity contribution in [2.45, 2.75) is 26.3 Å². The topological polar surface area (TPSA) is 14.0 Å². The van der Waals surface area contributed by atoms with E-state index in [0.717, 1.165) is 5.33 Å². The van der Waals surface area contributed by atoms with Crippen molar-refractivity contribution in [3.63, 3.8) is 0 Å². The van der Waals surface area contributed by atoms with Gasteiger partial charge in [-0.25, -0.2) is 4.99 Å². The van der Waals surface area contributed by atoms with E-state index in [1.165, 1.54) is 6.42 Å². The summed E-state index contributed by atoms with van der Waals surface area (Å²) in [6.07, 6.45) is 3.44. The Kier molecular flexibility index (Phi) is 4.10. The molecule has 1 aliphatic rings. The summed E-state index contributed by atoms with van der Waals surface area (Å²) in [4.78, 5) is 3.32. The largest absolute Gasteiger partial charge is 1.00 e. The van der Waals surface area contributed by atoms with Gasteiger partial charge in [0.05, 0.1) is 5.33 Å². The minimum absolute atomic E-state index is 0. The summed E-state index contributed by atoms with van der Waals surface area (Å²) in [5.41, 5.74) is 0.401. The molecule has 0 amide bonds. The summed E-state index contributed by atoms with van der Waals surface area (Å²) < 4.78 is 0. The van der Waals surface area contributed by atoms with E-state index in [2.05, 4.69) is 41.0 Å². The minimum Gasteiger partial charge on any atom is -1.00 e. The summed E-state index contributed by atoms with van der Waals surface area (Å²) in [6.45, 7) is 4.51. The van der Waals surface area contributed by atoms with Gasteiger partial charge in [-0.05, 0) is 0 Å². The van der Waals surface area contributed by atoms with Crippen LogP contribution in [0.2, 0.25) is 0 Å². The molecule has 1 heterocycles. The fourth-order valence-electron chi connectivity index (χ4n) is 1.20. The SMILES string of the molecule is CC1(C)C=[NH+]C(CBr)C1.[Br-]. The predicted octanol–water partition coefficient (Wildman–Crippen LogP) is -2.66. The van der Waals surface area contributed by atoms with Gasteiger partial charge in [-0.1, -0.05) is 29.8 Å². The molecular formula is C7H13Br2N. The van der Waals surface area contributed by atoms with E-state index in [9.17, 15) is 0 Å². The lowest BCUT2D eigenvalue weighted by atomic mass is 9.91. The van der Waals surface area contributed by atoms with Crippen LogP contribution in [0.3, 0.4) is 0 Å². The molecule has 1 atom stereocenters. The van der Waals surface area contributed by atoms with Crippen LogP contribution in [-0.4, -0.2) is 17.6 Å². The van der Waals surface area contributed by atoms with E-state index in [0.29, 0.717) is 11.5 Å². The number of alkyl halides is 1. The average molecular weight is 271 g/mol. The number of halogens is 2. The first-order valence-corrected chi connectivity index (χ1v) is 4.42. The van der Waals surface area contributed by atoms with Crippen LogP contribution in [0.5, 0.6) is 0 Å². The van der Waals surface area contributed by atoms with E-state index in [1.54, 1.807) is 0 Å². The highest BCUT2D eigenvalue weighted by Gasteiger charge is 2.31. The Morgan fingerprint density at radius 1 is 1.70 bits per heavy atom. The Bertz CT molecular complexity index is 132. The lowest BCUT2D eigenvalue weighted by Crippen LogP contribution is -3.00. The molecular weight excluding hydrogens is 258 g/mol.